The van der Waals surface area contributed by atoms with E-state index in [1.807, 2.05) is 0 Å². The zero-order valence-corrected chi connectivity index (χ0v) is 16.1. The molecule has 4 rings (SSSR count). The maximum absolute atomic E-state index is 14.0. The number of ether oxygens (including phenoxy) is 1. The lowest BCUT2D eigenvalue weighted by molar-refractivity contribution is -0.274. The molecule has 0 N–H and O–H groups in total. The quantitative estimate of drug-likeness (QED) is 0.342. The minimum absolute atomic E-state index is 0.0442. The number of imide groups is 1. The summed E-state index contributed by atoms with van der Waals surface area (Å²) in [7, 11) is 0. The van der Waals surface area contributed by atoms with Crippen LogP contribution in [-0.4, -0.2) is 34.2 Å². The Balaban J connectivity index is 1.61. The van der Waals surface area contributed by atoms with E-state index in [1.165, 1.54) is 30.0 Å². The van der Waals surface area contributed by atoms with Gasteiger partial charge in [-0.1, -0.05) is 18.2 Å². The number of amides is 3. The molecule has 1 fully saturated rings. The van der Waals surface area contributed by atoms with Gasteiger partial charge in [0.25, 0.3) is 5.91 Å². The topological polar surface area (TPSA) is 62.7 Å². The number of nitrogens with zero attached hydrogens (tertiary/aromatic N) is 3. The van der Waals surface area contributed by atoms with Crippen molar-refractivity contribution >= 4 is 28.5 Å². The average Bonchev–Trinajstić information content (AvgIpc) is 2.91. The van der Waals surface area contributed by atoms with Crippen molar-refractivity contribution in [2.75, 3.05) is 4.90 Å². The maximum atomic E-state index is 14.0. The Morgan fingerprint density at radius 2 is 1.74 bits per heavy atom. The van der Waals surface area contributed by atoms with Crippen LogP contribution >= 0.6 is 0 Å². The van der Waals surface area contributed by atoms with Gasteiger partial charge in [0.1, 0.15) is 11.8 Å². The molecule has 0 aliphatic carbocycles. The number of urea groups is 1. The number of rotatable bonds is 4. The van der Waals surface area contributed by atoms with Crippen molar-refractivity contribution in [3.8, 4) is 5.75 Å². The predicted octanol–water partition coefficient (Wildman–Crippen LogP) is 4.63. The van der Waals surface area contributed by atoms with Gasteiger partial charge >= 0.3 is 12.4 Å². The van der Waals surface area contributed by atoms with Crippen LogP contribution in [0.3, 0.4) is 0 Å². The fourth-order valence-corrected chi connectivity index (χ4v) is 3.47. The molecule has 2 heterocycles. The van der Waals surface area contributed by atoms with Crippen molar-refractivity contribution in [2.24, 2.45) is 0 Å². The highest BCUT2D eigenvalue weighted by Gasteiger charge is 2.43. The second-order valence-corrected chi connectivity index (χ2v) is 6.92. The summed E-state index contributed by atoms with van der Waals surface area (Å²) in [5, 5.41) is 0.642. The van der Waals surface area contributed by atoms with Crippen molar-refractivity contribution < 1.29 is 31.9 Å². The monoisotopic (exact) mass is 433 g/mol. The molecule has 1 saturated heterocycles. The summed E-state index contributed by atoms with van der Waals surface area (Å²) in [6, 6.07) is 10.9. The highest BCUT2D eigenvalue weighted by molar-refractivity contribution is 6.21. The van der Waals surface area contributed by atoms with Gasteiger partial charge in [-0.25, -0.2) is 14.7 Å². The fraction of sp³-hybridized carbons (Fsp3) is 0.190. The molecule has 0 spiro atoms. The van der Waals surface area contributed by atoms with Crippen LogP contribution in [-0.2, 0) is 11.3 Å². The van der Waals surface area contributed by atoms with Gasteiger partial charge in [0, 0.05) is 11.9 Å². The Morgan fingerprint density at radius 1 is 1.06 bits per heavy atom. The van der Waals surface area contributed by atoms with E-state index in [0.717, 1.165) is 17.0 Å². The first-order valence-electron chi connectivity index (χ1n) is 9.18. The summed E-state index contributed by atoms with van der Waals surface area (Å²) in [4.78, 5) is 31.7. The van der Waals surface area contributed by atoms with Crippen LogP contribution in [0.25, 0.3) is 10.9 Å². The molecular weight excluding hydrogens is 418 g/mol. The Hall–Kier alpha value is -3.69. The number of pyridine rings is 1. The summed E-state index contributed by atoms with van der Waals surface area (Å²) in [5.74, 6) is -1.73. The molecule has 3 amide bonds. The third kappa shape index (κ3) is 4.00. The minimum Gasteiger partial charge on any atom is -0.406 e. The number of carbonyl (C=O) groups is 2. The van der Waals surface area contributed by atoms with Gasteiger partial charge in [0.2, 0.25) is 5.95 Å². The number of benzene rings is 2. The molecule has 160 valence electrons. The Morgan fingerprint density at radius 3 is 2.42 bits per heavy atom. The summed E-state index contributed by atoms with van der Waals surface area (Å²) in [6.07, 6.45) is -4.85. The molecule has 31 heavy (non-hydrogen) atoms. The van der Waals surface area contributed by atoms with Crippen molar-refractivity contribution in [3.63, 3.8) is 0 Å². The molecule has 3 aromatic rings. The van der Waals surface area contributed by atoms with E-state index >= 15 is 0 Å². The van der Waals surface area contributed by atoms with E-state index in [0.29, 0.717) is 16.5 Å². The number of hydrogen-bond acceptors (Lipinski definition) is 4. The van der Waals surface area contributed by atoms with Crippen molar-refractivity contribution in [1.82, 2.24) is 9.88 Å². The third-order valence-electron chi connectivity index (χ3n) is 4.92. The SMILES string of the molecule is CC1C(=O)N(c2ccc(OC(F)(F)F)cc2)C(=O)N1Cc1cc(F)nc2ccccc12. The van der Waals surface area contributed by atoms with E-state index in [4.69, 9.17) is 0 Å². The number of alkyl halides is 3. The molecule has 0 saturated carbocycles. The van der Waals surface area contributed by atoms with Gasteiger partial charge < -0.3 is 9.64 Å². The van der Waals surface area contributed by atoms with Gasteiger partial charge in [-0.05, 0) is 48.9 Å². The number of halogens is 4. The van der Waals surface area contributed by atoms with Gasteiger partial charge in [-0.3, -0.25) is 4.79 Å². The normalized spacial score (nSPS) is 17.0. The summed E-state index contributed by atoms with van der Waals surface area (Å²) in [5.41, 5.74) is 0.997. The number of para-hydroxylation sites is 1. The molecule has 0 radical (unpaired) electrons. The van der Waals surface area contributed by atoms with Crippen LogP contribution in [0, 0.1) is 5.95 Å². The molecule has 2 aromatic carbocycles. The standard InChI is InChI=1S/C21H15F4N3O3/c1-12-19(29)28(14-6-8-15(9-7-14)31-21(23,24)25)20(30)27(12)11-13-10-18(22)26-17-5-3-2-4-16(13)17/h2-10,12H,11H2,1H3. The summed E-state index contributed by atoms with van der Waals surface area (Å²) < 4.78 is 54.8. The van der Waals surface area contributed by atoms with Crippen LogP contribution in [0.4, 0.5) is 28.0 Å². The van der Waals surface area contributed by atoms with Gasteiger partial charge in [0.15, 0.2) is 0 Å². The van der Waals surface area contributed by atoms with E-state index in [-0.39, 0.29) is 12.2 Å². The molecular formula is C21H15F4N3O3. The minimum atomic E-state index is -4.85. The number of anilines is 1. The van der Waals surface area contributed by atoms with E-state index in [1.54, 1.807) is 24.3 Å². The van der Waals surface area contributed by atoms with Gasteiger partial charge in [0.05, 0.1) is 11.2 Å². The second kappa shape index (κ2) is 7.53. The smallest absolute Gasteiger partial charge is 0.406 e. The maximum Gasteiger partial charge on any atom is 0.573 e. The molecule has 6 nitrogen and oxygen atoms in total. The van der Waals surface area contributed by atoms with E-state index in [9.17, 15) is 27.2 Å². The van der Waals surface area contributed by atoms with E-state index in [2.05, 4.69) is 9.72 Å². The number of hydrogen-bond donors (Lipinski definition) is 0. The average molecular weight is 433 g/mol. The Kier molecular flexibility index (Phi) is 5.00. The second-order valence-electron chi connectivity index (χ2n) is 6.92. The van der Waals surface area contributed by atoms with Crippen LogP contribution in [0.15, 0.2) is 54.6 Å². The highest BCUT2D eigenvalue weighted by atomic mass is 19.4. The van der Waals surface area contributed by atoms with Crippen molar-refractivity contribution in [3.05, 3.63) is 66.1 Å². The number of fused-ring (bicyclic) bond motifs is 1. The lowest BCUT2D eigenvalue weighted by Gasteiger charge is -2.20. The summed E-state index contributed by atoms with van der Waals surface area (Å²) >= 11 is 0. The molecule has 1 aliphatic heterocycles. The van der Waals surface area contributed by atoms with E-state index < -0.39 is 36.0 Å². The molecule has 1 unspecified atom stereocenters. The Bertz CT molecular complexity index is 1160. The van der Waals surface area contributed by atoms with Crippen molar-refractivity contribution in [2.45, 2.75) is 25.9 Å². The van der Waals surface area contributed by atoms with Gasteiger partial charge in [-0.15, -0.1) is 13.2 Å². The summed E-state index contributed by atoms with van der Waals surface area (Å²) in [6.45, 7) is 1.48. The zero-order chi connectivity index (χ0) is 22.3. The van der Waals surface area contributed by atoms with Crippen LogP contribution in [0.2, 0.25) is 0 Å². The van der Waals surface area contributed by atoms with Crippen LogP contribution in [0.1, 0.15) is 12.5 Å². The first-order chi connectivity index (χ1) is 14.6. The first kappa shape index (κ1) is 20.6. The molecule has 1 aliphatic rings. The molecule has 10 heteroatoms. The highest BCUT2D eigenvalue weighted by Crippen LogP contribution is 2.31. The molecule has 1 atom stereocenters. The van der Waals surface area contributed by atoms with Crippen molar-refractivity contribution in [1.29, 1.82) is 0 Å². The van der Waals surface area contributed by atoms with Gasteiger partial charge in [-0.2, -0.15) is 4.39 Å². The first-order valence-corrected chi connectivity index (χ1v) is 9.18. The lowest BCUT2D eigenvalue weighted by atomic mass is 10.1. The number of aromatic nitrogens is 1. The van der Waals surface area contributed by atoms with Crippen LogP contribution in [0.5, 0.6) is 5.75 Å². The predicted molar refractivity (Wildman–Crippen MR) is 103 cm³/mol. The lowest BCUT2D eigenvalue weighted by Crippen LogP contribution is -2.33. The number of carbonyl (C=O) groups excluding carboxylic acids is 2. The molecule has 1 aromatic heterocycles. The van der Waals surface area contributed by atoms with Crippen LogP contribution < -0.4 is 9.64 Å². The fourth-order valence-electron chi connectivity index (χ4n) is 3.47. The zero-order valence-electron chi connectivity index (χ0n) is 16.1. The largest absolute Gasteiger partial charge is 0.573 e. The third-order valence-corrected chi connectivity index (χ3v) is 4.92. The Labute approximate surface area is 173 Å². The molecule has 0 bridgehead atoms.